The number of carbonyl (C=O) groups is 1. The molecule has 1 saturated heterocycles. The molecule has 8 heteroatoms. The van der Waals surface area contributed by atoms with E-state index in [-0.39, 0.29) is 12.5 Å². The van der Waals surface area contributed by atoms with E-state index in [1.54, 1.807) is 0 Å². The number of rotatable bonds is 6. The molecule has 1 amide bonds. The maximum atomic E-state index is 12.5. The second-order valence-electron chi connectivity index (χ2n) is 7.76. The molecule has 2 heterocycles. The molecule has 0 saturated carbocycles. The molecule has 3 aromatic rings. The van der Waals surface area contributed by atoms with Gasteiger partial charge in [0.2, 0.25) is 11.7 Å². The molecule has 4 rings (SSSR count). The van der Waals surface area contributed by atoms with Crippen LogP contribution >= 0.6 is 15.9 Å². The van der Waals surface area contributed by atoms with Gasteiger partial charge in [0, 0.05) is 31.7 Å². The van der Waals surface area contributed by atoms with Crippen LogP contribution in [0, 0.1) is 13.8 Å². The molecule has 0 atom stereocenters. The van der Waals surface area contributed by atoms with Crippen LogP contribution in [0.5, 0.6) is 5.75 Å². The van der Waals surface area contributed by atoms with E-state index >= 15 is 0 Å². The summed E-state index contributed by atoms with van der Waals surface area (Å²) < 4.78 is 12.0. The van der Waals surface area contributed by atoms with Gasteiger partial charge in [-0.05, 0) is 47.5 Å². The quantitative estimate of drug-likeness (QED) is 0.529. The van der Waals surface area contributed by atoms with Gasteiger partial charge in [0.1, 0.15) is 5.75 Å². The van der Waals surface area contributed by atoms with Crippen molar-refractivity contribution in [1.29, 1.82) is 0 Å². The minimum Gasteiger partial charge on any atom is -0.483 e. The molecular weight excluding hydrogens is 460 g/mol. The number of hydrogen-bond donors (Lipinski definition) is 0. The number of hydrogen-bond acceptors (Lipinski definition) is 6. The first-order valence-electron chi connectivity index (χ1n) is 10.3. The normalized spacial score (nSPS) is 14.6. The van der Waals surface area contributed by atoms with E-state index in [2.05, 4.69) is 31.0 Å². The molecule has 0 spiro atoms. The lowest BCUT2D eigenvalue weighted by Gasteiger charge is -2.33. The van der Waals surface area contributed by atoms with E-state index in [0.29, 0.717) is 37.1 Å². The van der Waals surface area contributed by atoms with Crippen molar-refractivity contribution in [1.82, 2.24) is 19.9 Å². The summed E-state index contributed by atoms with van der Waals surface area (Å²) in [6.07, 6.45) is 0. The van der Waals surface area contributed by atoms with Gasteiger partial charge in [0.05, 0.1) is 11.0 Å². The number of amides is 1. The Morgan fingerprint density at radius 2 is 1.77 bits per heavy atom. The Balaban J connectivity index is 1.25. The van der Waals surface area contributed by atoms with Gasteiger partial charge in [0.25, 0.3) is 5.91 Å². The third-order valence-corrected chi connectivity index (χ3v) is 5.92. The van der Waals surface area contributed by atoms with E-state index in [1.807, 2.05) is 61.2 Å². The minimum absolute atomic E-state index is 0.00780. The first-order valence-corrected chi connectivity index (χ1v) is 11.1. The number of carbonyl (C=O) groups excluding carboxylic acids is 1. The molecule has 7 nitrogen and oxygen atoms in total. The van der Waals surface area contributed by atoms with Crippen molar-refractivity contribution in [2.45, 2.75) is 20.4 Å². The highest BCUT2D eigenvalue weighted by atomic mass is 79.9. The molecule has 1 aromatic heterocycles. The summed E-state index contributed by atoms with van der Waals surface area (Å²) in [5, 5.41) is 4.09. The number of piperazine rings is 1. The van der Waals surface area contributed by atoms with Crippen molar-refractivity contribution in [3.05, 3.63) is 64.0 Å². The molecule has 2 aromatic carbocycles. The smallest absolute Gasteiger partial charge is 0.260 e. The van der Waals surface area contributed by atoms with Crippen LogP contribution in [-0.4, -0.2) is 58.6 Å². The first-order chi connectivity index (χ1) is 15.0. The van der Waals surface area contributed by atoms with Gasteiger partial charge in [-0.2, -0.15) is 4.98 Å². The highest BCUT2D eigenvalue weighted by Gasteiger charge is 2.23. The zero-order valence-corrected chi connectivity index (χ0v) is 19.3. The van der Waals surface area contributed by atoms with E-state index in [4.69, 9.17) is 9.26 Å². The Labute approximate surface area is 190 Å². The molecule has 0 aliphatic carbocycles. The van der Waals surface area contributed by atoms with Crippen LogP contribution in [-0.2, 0) is 11.3 Å². The monoisotopic (exact) mass is 484 g/mol. The summed E-state index contributed by atoms with van der Waals surface area (Å²) in [6, 6.07) is 13.9. The number of ether oxygens (including phenoxy) is 1. The van der Waals surface area contributed by atoms with Gasteiger partial charge < -0.3 is 14.2 Å². The second kappa shape index (κ2) is 9.62. The van der Waals surface area contributed by atoms with Gasteiger partial charge in [0.15, 0.2) is 6.61 Å². The summed E-state index contributed by atoms with van der Waals surface area (Å²) in [6.45, 7) is 7.47. The summed E-state index contributed by atoms with van der Waals surface area (Å²) in [5.74, 6) is 1.86. The number of benzene rings is 2. The SMILES string of the molecule is Cc1ccc(-c2noc(CN3CCN(C(=O)COc4ccc(C)cc4Br)CC3)n2)cc1. The average molecular weight is 485 g/mol. The van der Waals surface area contributed by atoms with Gasteiger partial charge in [-0.3, -0.25) is 9.69 Å². The van der Waals surface area contributed by atoms with Crippen molar-refractivity contribution in [2.24, 2.45) is 0 Å². The average Bonchev–Trinajstić information content (AvgIpc) is 3.22. The first kappa shape index (κ1) is 21.5. The molecule has 0 bridgehead atoms. The minimum atomic E-state index is -0.00780. The van der Waals surface area contributed by atoms with E-state index < -0.39 is 0 Å². The Kier molecular flexibility index (Phi) is 6.67. The molecule has 162 valence electrons. The topological polar surface area (TPSA) is 71.7 Å². The predicted octanol–water partition coefficient (Wildman–Crippen LogP) is 3.84. The van der Waals surface area contributed by atoms with Crippen LogP contribution in [0.2, 0.25) is 0 Å². The third-order valence-electron chi connectivity index (χ3n) is 5.30. The van der Waals surface area contributed by atoms with Gasteiger partial charge in [-0.25, -0.2) is 0 Å². The van der Waals surface area contributed by atoms with Crippen molar-refractivity contribution in [3.8, 4) is 17.1 Å². The van der Waals surface area contributed by atoms with Gasteiger partial charge >= 0.3 is 0 Å². The molecule has 1 aliphatic rings. The maximum absolute atomic E-state index is 12.5. The lowest BCUT2D eigenvalue weighted by molar-refractivity contribution is -0.135. The third kappa shape index (κ3) is 5.51. The van der Waals surface area contributed by atoms with E-state index in [1.165, 1.54) is 5.56 Å². The highest BCUT2D eigenvalue weighted by molar-refractivity contribution is 9.10. The van der Waals surface area contributed by atoms with Crippen molar-refractivity contribution in [2.75, 3.05) is 32.8 Å². The fourth-order valence-electron chi connectivity index (χ4n) is 3.44. The van der Waals surface area contributed by atoms with Crippen LogP contribution in [0.15, 0.2) is 51.5 Å². The fraction of sp³-hybridized carbons (Fsp3) is 0.348. The zero-order chi connectivity index (χ0) is 21.8. The highest BCUT2D eigenvalue weighted by Crippen LogP contribution is 2.25. The number of nitrogens with zero attached hydrogens (tertiary/aromatic N) is 4. The van der Waals surface area contributed by atoms with Gasteiger partial charge in [-0.1, -0.05) is 41.1 Å². The molecule has 0 N–H and O–H groups in total. The Hall–Kier alpha value is -2.71. The Bertz CT molecular complexity index is 1040. The number of halogens is 1. The summed E-state index contributed by atoms with van der Waals surface area (Å²) in [7, 11) is 0. The summed E-state index contributed by atoms with van der Waals surface area (Å²) in [5.41, 5.74) is 3.27. The second-order valence-corrected chi connectivity index (χ2v) is 8.61. The van der Waals surface area contributed by atoms with E-state index in [9.17, 15) is 4.79 Å². The molecular formula is C23H25BrN4O3. The van der Waals surface area contributed by atoms with Crippen molar-refractivity contribution in [3.63, 3.8) is 0 Å². The molecule has 31 heavy (non-hydrogen) atoms. The summed E-state index contributed by atoms with van der Waals surface area (Å²) >= 11 is 3.48. The van der Waals surface area contributed by atoms with Crippen LogP contribution in [0.3, 0.4) is 0 Å². The van der Waals surface area contributed by atoms with Crippen LogP contribution in [0.1, 0.15) is 17.0 Å². The van der Waals surface area contributed by atoms with Crippen molar-refractivity contribution < 1.29 is 14.1 Å². The molecule has 0 radical (unpaired) electrons. The Morgan fingerprint density at radius 3 is 2.48 bits per heavy atom. The number of aromatic nitrogens is 2. The molecule has 1 aliphatic heterocycles. The predicted molar refractivity (Wildman–Crippen MR) is 121 cm³/mol. The lowest BCUT2D eigenvalue weighted by atomic mass is 10.1. The molecule has 0 unspecified atom stereocenters. The van der Waals surface area contributed by atoms with Gasteiger partial charge in [-0.15, -0.1) is 0 Å². The largest absolute Gasteiger partial charge is 0.483 e. The van der Waals surface area contributed by atoms with Crippen LogP contribution in [0.4, 0.5) is 0 Å². The lowest BCUT2D eigenvalue weighted by Crippen LogP contribution is -2.49. The van der Waals surface area contributed by atoms with Crippen molar-refractivity contribution >= 4 is 21.8 Å². The number of aryl methyl sites for hydroxylation is 2. The maximum Gasteiger partial charge on any atom is 0.260 e. The zero-order valence-electron chi connectivity index (χ0n) is 17.7. The Morgan fingerprint density at radius 1 is 1.06 bits per heavy atom. The van der Waals surface area contributed by atoms with Crippen LogP contribution < -0.4 is 4.74 Å². The summed E-state index contributed by atoms with van der Waals surface area (Å²) in [4.78, 5) is 21.1. The fourth-order valence-corrected chi connectivity index (χ4v) is 4.05. The van der Waals surface area contributed by atoms with Crippen LogP contribution in [0.25, 0.3) is 11.4 Å². The molecule has 1 fully saturated rings. The van der Waals surface area contributed by atoms with E-state index in [0.717, 1.165) is 28.7 Å². The standard InChI is InChI=1S/C23H25BrN4O3/c1-16-3-6-18(7-4-16)23-25-21(31-26-23)14-27-9-11-28(12-10-27)22(29)15-30-20-8-5-17(2)13-19(20)24/h3-8,13H,9-12,14-15H2,1-2H3.